The number of aromatic nitrogens is 4. The summed E-state index contributed by atoms with van der Waals surface area (Å²) in [5, 5.41) is 5.01. The van der Waals surface area contributed by atoms with E-state index >= 15 is 0 Å². The summed E-state index contributed by atoms with van der Waals surface area (Å²) in [6.07, 6.45) is 3.14. The molecule has 4 aromatic heterocycles. The molecule has 1 N–H and O–H groups in total. The molecule has 34 heavy (non-hydrogen) atoms. The van der Waals surface area contributed by atoms with Crippen LogP contribution in [-0.2, 0) is 6.54 Å². The van der Waals surface area contributed by atoms with Crippen LogP contribution in [-0.4, -0.2) is 31.8 Å². The maximum atomic E-state index is 12.8. The van der Waals surface area contributed by atoms with E-state index < -0.39 is 12.1 Å². The van der Waals surface area contributed by atoms with Gasteiger partial charge in [0.25, 0.3) is 5.91 Å². The monoisotopic (exact) mass is 485 g/mol. The Morgan fingerprint density at radius 2 is 2.00 bits per heavy atom. The molecule has 0 saturated carbocycles. The van der Waals surface area contributed by atoms with Crippen LogP contribution >= 0.6 is 11.3 Å². The highest BCUT2D eigenvalue weighted by molar-refractivity contribution is 7.14. The molecule has 0 fully saturated rings. The summed E-state index contributed by atoms with van der Waals surface area (Å²) in [5.41, 5.74) is 3.30. The zero-order valence-electron chi connectivity index (χ0n) is 17.8. The van der Waals surface area contributed by atoms with Gasteiger partial charge in [0.1, 0.15) is 11.4 Å². The Hall–Kier alpha value is -3.99. The van der Waals surface area contributed by atoms with Gasteiger partial charge in [0.2, 0.25) is 0 Å². The number of anilines is 1. The van der Waals surface area contributed by atoms with Gasteiger partial charge in [-0.2, -0.15) is 0 Å². The Labute approximate surface area is 196 Å². The van der Waals surface area contributed by atoms with Gasteiger partial charge in [-0.1, -0.05) is 0 Å². The summed E-state index contributed by atoms with van der Waals surface area (Å²) in [5.74, 6) is -0.682. The van der Waals surface area contributed by atoms with Gasteiger partial charge in [-0.3, -0.25) is 20.1 Å². The van der Waals surface area contributed by atoms with Crippen LogP contribution in [0.25, 0.3) is 11.6 Å². The number of halogens is 3. The highest BCUT2D eigenvalue weighted by atomic mass is 32.1. The fourth-order valence-electron chi connectivity index (χ4n) is 3.08. The van der Waals surface area contributed by atoms with Gasteiger partial charge in [0, 0.05) is 30.5 Å². The van der Waals surface area contributed by atoms with Crippen molar-refractivity contribution in [1.29, 1.82) is 0 Å². The number of pyridine rings is 2. The number of carbonyl (C=O) groups excluding carboxylic acids is 1. The van der Waals surface area contributed by atoms with Crippen LogP contribution in [0.3, 0.4) is 0 Å². The maximum Gasteiger partial charge on any atom is 0.573 e. The smallest absolute Gasteiger partial charge is 0.404 e. The second-order valence-corrected chi connectivity index (χ2v) is 8.02. The summed E-state index contributed by atoms with van der Waals surface area (Å²) >= 11 is 1.27. The first-order valence-corrected chi connectivity index (χ1v) is 10.9. The Kier molecular flexibility index (Phi) is 6.73. The fraction of sp³-hybridized carbons (Fsp3) is 0.130. The van der Waals surface area contributed by atoms with Crippen molar-refractivity contribution < 1.29 is 22.7 Å². The number of ether oxygens (including phenoxy) is 1. The Balaban J connectivity index is 1.42. The third kappa shape index (κ3) is 6.07. The van der Waals surface area contributed by atoms with Gasteiger partial charge >= 0.3 is 6.36 Å². The molecule has 0 aliphatic carbocycles. The summed E-state index contributed by atoms with van der Waals surface area (Å²) in [6, 6.07) is 9.90. The number of hydrogen-bond acceptors (Lipinski definition) is 6. The summed E-state index contributed by atoms with van der Waals surface area (Å²) in [4.78, 5) is 25.2. The second-order valence-electron chi connectivity index (χ2n) is 7.16. The molecule has 0 spiro atoms. The predicted octanol–water partition coefficient (Wildman–Crippen LogP) is 5.49. The number of amides is 1. The molecule has 4 aromatic rings. The van der Waals surface area contributed by atoms with Gasteiger partial charge in [0.15, 0.2) is 5.13 Å². The topological polar surface area (TPSA) is 81.9 Å². The van der Waals surface area contributed by atoms with E-state index in [1.807, 2.05) is 22.9 Å². The molecule has 174 valence electrons. The standard InChI is InChI=1S/C23H18F3N5O2S/c1-15(11-17-4-5-18(12-28-17)33-23(24,25)26)19-14-34-22(29-19)30-21(32)20-3-2-10-31(20)13-16-6-8-27-9-7-16/h2-12,14H,13H2,1H3,(H,29,30,32)/b15-11+. The van der Waals surface area contributed by atoms with Gasteiger partial charge in [-0.15, -0.1) is 24.5 Å². The van der Waals surface area contributed by atoms with E-state index in [1.165, 1.54) is 23.5 Å². The Morgan fingerprint density at radius 1 is 1.21 bits per heavy atom. The van der Waals surface area contributed by atoms with Crippen molar-refractivity contribution in [1.82, 2.24) is 19.5 Å². The molecule has 0 bridgehead atoms. The molecule has 11 heteroatoms. The minimum Gasteiger partial charge on any atom is -0.404 e. The average molecular weight is 485 g/mol. The summed E-state index contributed by atoms with van der Waals surface area (Å²) in [6.45, 7) is 2.32. The van der Waals surface area contributed by atoms with Gasteiger partial charge < -0.3 is 9.30 Å². The zero-order chi connectivity index (χ0) is 24.1. The highest BCUT2D eigenvalue weighted by Gasteiger charge is 2.31. The average Bonchev–Trinajstić information content (AvgIpc) is 3.44. The van der Waals surface area contributed by atoms with Crippen LogP contribution in [0.4, 0.5) is 18.3 Å². The third-order valence-electron chi connectivity index (χ3n) is 4.65. The molecule has 0 saturated heterocycles. The van der Waals surface area contributed by atoms with Crippen molar-refractivity contribution in [3.8, 4) is 5.75 Å². The molecule has 4 heterocycles. The number of thiazole rings is 1. The van der Waals surface area contributed by atoms with Crippen molar-refractivity contribution in [2.45, 2.75) is 19.8 Å². The Bertz CT molecular complexity index is 1300. The largest absolute Gasteiger partial charge is 0.573 e. The van der Waals surface area contributed by atoms with Crippen LogP contribution in [0.2, 0.25) is 0 Å². The molecule has 7 nitrogen and oxygen atoms in total. The molecule has 0 aliphatic rings. The van der Waals surface area contributed by atoms with Crippen molar-refractivity contribution in [2.75, 3.05) is 5.32 Å². The Morgan fingerprint density at radius 3 is 2.71 bits per heavy atom. The number of nitrogens with zero attached hydrogens (tertiary/aromatic N) is 4. The lowest BCUT2D eigenvalue weighted by molar-refractivity contribution is -0.274. The number of carbonyl (C=O) groups is 1. The number of nitrogens with one attached hydrogen (secondary N) is 1. The lowest BCUT2D eigenvalue weighted by Gasteiger charge is -2.08. The van der Waals surface area contributed by atoms with Gasteiger partial charge in [-0.25, -0.2) is 4.98 Å². The lowest BCUT2D eigenvalue weighted by atomic mass is 10.2. The molecule has 0 aromatic carbocycles. The van der Waals surface area contributed by atoms with E-state index in [0.717, 1.165) is 17.3 Å². The van der Waals surface area contributed by atoms with Crippen molar-refractivity contribution in [3.63, 3.8) is 0 Å². The number of hydrogen-bond donors (Lipinski definition) is 1. The minimum absolute atomic E-state index is 0.288. The van der Waals surface area contributed by atoms with E-state index in [2.05, 4.69) is 25.0 Å². The molecule has 0 atom stereocenters. The van der Waals surface area contributed by atoms with Gasteiger partial charge in [0.05, 0.1) is 17.6 Å². The van der Waals surface area contributed by atoms with E-state index in [4.69, 9.17) is 0 Å². The first-order chi connectivity index (χ1) is 16.3. The molecular weight excluding hydrogens is 467 g/mol. The minimum atomic E-state index is -4.77. The zero-order valence-corrected chi connectivity index (χ0v) is 18.6. The van der Waals surface area contributed by atoms with Crippen molar-refractivity contribution >= 4 is 34.0 Å². The molecule has 0 unspecified atom stereocenters. The van der Waals surface area contributed by atoms with E-state index in [0.29, 0.717) is 28.8 Å². The van der Waals surface area contributed by atoms with E-state index in [1.54, 1.807) is 42.9 Å². The lowest BCUT2D eigenvalue weighted by Crippen LogP contribution is -2.17. The predicted molar refractivity (Wildman–Crippen MR) is 122 cm³/mol. The summed E-state index contributed by atoms with van der Waals surface area (Å²) in [7, 11) is 0. The van der Waals surface area contributed by atoms with Crippen LogP contribution < -0.4 is 10.1 Å². The highest BCUT2D eigenvalue weighted by Crippen LogP contribution is 2.25. The van der Waals surface area contributed by atoms with E-state index in [-0.39, 0.29) is 5.91 Å². The quantitative estimate of drug-likeness (QED) is 0.374. The first kappa shape index (κ1) is 23.2. The second kappa shape index (κ2) is 9.87. The number of alkyl halides is 3. The number of rotatable bonds is 7. The first-order valence-electron chi connectivity index (χ1n) is 9.98. The fourth-order valence-corrected chi connectivity index (χ4v) is 3.85. The normalized spacial score (nSPS) is 11.9. The molecule has 0 radical (unpaired) electrons. The summed E-state index contributed by atoms with van der Waals surface area (Å²) < 4.78 is 42.5. The number of allylic oxidation sites excluding steroid dienone is 1. The van der Waals surface area contributed by atoms with E-state index in [9.17, 15) is 18.0 Å². The molecular formula is C23H18F3N5O2S. The molecule has 1 amide bonds. The third-order valence-corrected chi connectivity index (χ3v) is 5.41. The van der Waals surface area contributed by atoms with Crippen LogP contribution in [0.5, 0.6) is 5.75 Å². The maximum absolute atomic E-state index is 12.8. The van der Waals surface area contributed by atoms with Crippen molar-refractivity contribution in [3.05, 3.63) is 89.2 Å². The molecule has 4 rings (SSSR count). The van der Waals surface area contributed by atoms with Gasteiger partial charge in [-0.05, 0) is 60.5 Å². The molecule has 0 aliphatic heterocycles. The van der Waals surface area contributed by atoms with Crippen LogP contribution in [0, 0.1) is 0 Å². The SMILES string of the molecule is C/C(=C\c1ccc(OC(F)(F)F)cn1)c1csc(NC(=O)c2cccn2Cc2ccncc2)n1. The van der Waals surface area contributed by atoms with Crippen LogP contribution in [0.15, 0.2) is 66.6 Å². The van der Waals surface area contributed by atoms with Crippen molar-refractivity contribution in [2.24, 2.45) is 0 Å². The van der Waals surface area contributed by atoms with Crippen LogP contribution in [0.1, 0.15) is 34.4 Å².